The molecule has 6 heteroatoms. The molecule has 3 N–H and O–H groups in total. The van der Waals surface area contributed by atoms with E-state index in [0.717, 1.165) is 11.3 Å². The number of amides is 1. The van der Waals surface area contributed by atoms with E-state index in [1.807, 2.05) is 30.3 Å². The Labute approximate surface area is 146 Å². The fourth-order valence-corrected chi connectivity index (χ4v) is 2.22. The van der Waals surface area contributed by atoms with Crippen molar-refractivity contribution in [3.05, 3.63) is 66.2 Å². The summed E-state index contributed by atoms with van der Waals surface area (Å²) in [5, 5.41) is 17.0. The van der Waals surface area contributed by atoms with Crippen LogP contribution in [0.2, 0.25) is 0 Å². The maximum Gasteiger partial charge on any atom is 0.259 e. The lowest BCUT2D eigenvalue weighted by Gasteiger charge is -2.09. The number of hydrogen-bond acceptors (Lipinski definition) is 5. The van der Waals surface area contributed by atoms with Gasteiger partial charge in [-0.05, 0) is 30.2 Å². The van der Waals surface area contributed by atoms with Crippen LogP contribution in [-0.2, 0) is 11.2 Å². The van der Waals surface area contributed by atoms with Crippen LogP contribution in [0.3, 0.4) is 0 Å². The molecule has 0 fully saturated rings. The number of carbonyl (C=O) groups excluding carboxylic acids is 1. The van der Waals surface area contributed by atoms with Crippen molar-refractivity contribution in [3.8, 4) is 11.5 Å². The molecule has 130 valence electrons. The molecule has 0 heterocycles. The number of rotatable bonds is 8. The highest BCUT2D eigenvalue weighted by Crippen LogP contribution is 2.23. The molecule has 6 nitrogen and oxygen atoms in total. The Bertz CT molecular complexity index is 772. The van der Waals surface area contributed by atoms with Crippen molar-refractivity contribution in [3.63, 3.8) is 0 Å². The molecule has 25 heavy (non-hydrogen) atoms. The summed E-state index contributed by atoms with van der Waals surface area (Å²) < 4.78 is 5.20. The second-order valence-electron chi connectivity index (χ2n) is 5.19. The smallest absolute Gasteiger partial charge is 0.259 e. The van der Waals surface area contributed by atoms with Gasteiger partial charge in [0.15, 0.2) is 0 Å². The Morgan fingerprint density at radius 2 is 2.08 bits per heavy atom. The van der Waals surface area contributed by atoms with Crippen LogP contribution >= 0.6 is 0 Å². The molecule has 2 aromatic carbocycles. The lowest BCUT2D eigenvalue weighted by Crippen LogP contribution is -2.26. The molecule has 0 saturated carbocycles. The fraction of sp³-hybridized carbons (Fsp3) is 0.158. The molecule has 0 aliphatic carbocycles. The number of nitrogens with one attached hydrogen (secondary N) is 2. The van der Waals surface area contributed by atoms with Crippen LogP contribution in [-0.4, -0.2) is 30.9 Å². The molecule has 0 radical (unpaired) electrons. The van der Waals surface area contributed by atoms with Gasteiger partial charge in [-0.2, -0.15) is 5.10 Å². The maximum atomic E-state index is 11.9. The van der Waals surface area contributed by atoms with Crippen LogP contribution < -0.4 is 15.5 Å². The topological polar surface area (TPSA) is 83.0 Å². The Kier molecular flexibility index (Phi) is 6.59. The molecular formula is C19H21N3O3. The van der Waals surface area contributed by atoms with E-state index < -0.39 is 0 Å². The van der Waals surface area contributed by atoms with Gasteiger partial charge in [0.25, 0.3) is 5.91 Å². The van der Waals surface area contributed by atoms with Crippen LogP contribution in [0.25, 0.3) is 0 Å². The van der Waals surface area contributed by atoms with Gasteiger partial charge in [0, 0.05) is 5.56 Å². The van der Waals surface area contributed by atoms with Crippen LogP contribution in [0.15, 0.2) is 60.2 Å². The maximum absolute atomic E-state index is 11.9. The highest BCUT2D eigenvalue weighted by atomic mass is 16.5. The van der Waals surface area contributed by atoms with Gasteiger partial charge < -0.3 is 15.2 Å². The standard InChI is InChI=1S/C19H21N3O3/c1-3-7-14-8-6-9-15(19(14)24)12-21-22-18(23)13-20-16-10-4-5-11-17(16)25-2/h3-6,8-12,20,24H,1,7,13H2,2H3,(H,22,23). The van der Waals surface area contributed by atoms with Crippen LogP contribution in [0.1, 0.15) is 11.1 Å². The Balaban J connectivity index is 1.90. The minimum atomic E-state index is -0.316. The zero-order chi connectivity index (χ0) is 18.1. The summed E-state index contributed by atoms with van der Waals surface area (Å²) in [6.07, 6.45) is 3.67. The number of nitrogens with zero attached hydrogens (tertiary/aromatic N) is 1. The number of phenols is 1. The number of phenolic OH excluding ortho intramolecular Hbond substituents is 1. The number of methoxy groups -OCH3 is 1. The monoisotopic (exact) mass is 339 g/mol. The SMILES string of the molecule is C=CCc1cccc(C=NNC(=O)CNc2ccccc2OC)c1O. The first-order valence-corrected chi connectivity index (χ1v) is 7.76. The van der Waals surface area contributed by atoms with E-state index in [1.54, 1.807) is 25.3 Å². The van der Waals surface area contributed by atoms with Crippen LogP contribution in [0.4, 0.5) is 5.69 Å². The summed E-state index contributed by atoms with van der Waals surface area (Å²) >= 11 is 0. The van der Waals surface area contributed by atoms with Crippen molar-refractivity contribution in [1.29, 1.82) is 0 Å². The molecule has 2 rings (SSSR count). The number of benzene rings is 2. The summed E-state index contributed by atoms with van der Waals surface area (Å²) in [5.41, 5.74) is 4.41. The molecule has 1 amide bonds. The van der Waals surface area contributed by atoms with Crippen molar-refractivity contribution < 1.29 is 14.6 Å². The zero-order valence-electron chi connectivity index (χ0n) is 14.0. The van der Waals surface area contributed by atoms with Gasteiger partial charge in [0.1, 0.15) is 11.5 Å². The number of allylic oxidation sites excluding steroid dienone is 1. The number of hydrogen-bond donors (Lipinski definition) is 3. The third kappa shape index (κ3) is 5.10. The molecule has 0 aliphatic rings. The van der Waals surface area contributed by atoms with E-state index in [0.29, 0.717) is 17.7 Å². The van der Waals surface area contributed by atoms with E-state index in [-0.39, 0.29) is 18.2 Å². The van der Waals surface area contributed by atoms with Crippen molar-refractivity contribution in [2.75, 3.05) is 19.0 Å². The average Bonchev–Trinajstić information content (AvgIpc) is 2.63. The highest BCUT2D eigenvalue weighted by molar-refractivity contribution is 5.86. The van der Waals surface area contributed by atoms with E-state index in [1.165, 1.54) is 6.21 Å². The Morgan fingerprint density at radius 1 is 1.28 bits per heavy atom. The number of ether oxygens (including phenoxy) is 1. The second kappa shape index (κ2) is 9.12. The van der Waals surface area contributed by atoms with Crippen molar-refractivity contribution in [1.82, 2.24) is 5.43 Å². The summed E-state index contributed by atoms with van der Waals surface area (Å²) in [7, 11) is 1.57. The first kappa shape index (κ1) is 18.1. The molecule has 0 unspecified atom stereocenters. The first-order chi connectivity index (χ1) is 12.2. The van der Waals surface area contributed by atoms with Crippen molar-refractivity contribution >= 4 is 17.8 Å². The minimum absolute atomic E-state index is 0.0419. The number of anilines is 1. The molecule has 0 atom stereocenters. The first-order valence-electron chi connectivity index (χ1n) is 7.76. The van der Waals surface area contributed by atoms with E-state index >= 15 is 0 Å². The second-order valence-corrected chi connectivity index (χ2v) is 5.19. The summed E-state index contributed by atoms with van der Waals surface area (Å²) in [6, 6.07) is 12.6. The number of aromatic hydroxyl groups is 1. The predicted octanol–water partition coefficient (Wildman–Crippen LogP) is 2.69. The third-order valence-corrected chi connectivity index (χ3v) is 3.45. The summed E-state index contributed by atoms with van der Waals surface area (Å²) in [6.45, 7) is 3.69. The highest BCUT2D eigenvalue weighted by Gasteiger charge is 2.05. The number of carbonyl (C=O) groups is 1. The number of hydrazone groups is 1. The van der Waals surface area contributed by atoms with Gasteiger partial charge in [-0.3, -0.25) is 4.79 Å². The van der Waals surface area contributed by atoms with Crippen molar-refractivity contribution in [2.45, 2.75) is 6.42 Å². The van der Waals surface area contributed by atoms with Gasteiger partial charge >= 0.3 is 0 Å². The van der Waals surface area contributed by atoms with Gasteiger partial charge in [-0.1, -0.05) is 30.3 Å². The Morgan fingerprint density at radius 3 is 2.84 bits per heavy atom. The average molecular weight is 339 g/mol. The molecule has 0 aromatic heterocycles. The number of para-hydroxylation sites is 3. The quantitative estimate of drug-likeness (QED) is 0.392. The van der Waals surface area contributed by atoms with Crippen molar-refractivity contribution in [2.24, 2.45) is 5.10 Å². The fourth-order valence-electron chi connectivity index (χ4n) is 2.22. The third-order valence-electron chi connectivity index (χ3n) is 3.45. The molecule has 0 aliphatic heterocycles. The van der Waals surface area contributed by atoms with Crippen LogP contribution in [0, 0.1) is 0 Å². The van der Waals surface area contributed by atoms with E-state index in [4.69, 9.17) is 4.74 Å². The van der Waals surface area contributed by atoms with Gasteiger partial charge in [-0.15, -0.1) is 6.58 Å². The van der Waals surface area contributed by atoms with Gasteiger partial charge in [0.05, 0.1) is 25.6 Å². The largest absolute Gasteiger partial charge is 0.507 e. The molecule has 2 aromatic rings. The summed E-state index contributed by atoms with van der Waals surface area (Å²) in [4.78, 5) is 11.9. The predicted molar refractivity (Wildman–Crippen MR) is 99.2 cm³/mol. The normalized spacial score (nSPS) is 10.4. The van der Waals surface area contributed by atoms with Gasteiger partial charge in [0.2, 0.25) is 0 Å². The van der Waals surface area contributed by atoms with E-state index in [9.17, 15) is 9.90 Å². The zero-order valence-corrected chi connectivity index (χ0v) is 14.0. The summed E-state index contributed by atoms with van der Waals surface area (Å²) in [5.74, 6) is 0.471. The van der Waals surface area contributed by atoms with Crippen LogP contribution in [0.5, 0.6) is 11.5 Å². The minimum Gasteiger partial charge on any atom is -0.507 e. The molecule has 0 spiro atoms. The molecule has 0 saturated heterocycles. The lowest BCUT2D eigenvalue weighted by atomic mass is 10.1. The van der Waals surface area contributed by atoms with Gasteiger partial charge in [-0.25, -0.2) is 5.43 Å². The lowest BCUT2D eigenvalue weighted by molar-refractivity contribution is -0.119. The van der Waals surface area contributed by atoms with E-state index in [2.05, 4.69) is 22.4 Å². The molecular weight excluding hydrogens is 318 g/mol. The Hall–Kier alpha value is -3.28. The molecule has 0 bridgehead atoms.